The summed E-state index contributed by atoms with van der Waals surface area (Å²) in [5, 5.41) is 12.1. The van der Waals surface area contributed by atoms with Crippen molar-refractivity contribution >= 4 is 30.9 Å². The van der Waals surface area contributed by atoms with Crippen molar-refractivity contribution in [3.8, 4) is 0 Å². The Morgan fingerprint density at radius 3 is 2.18 bits per heavy atom. The zero-order chi connectivity index (χ0) is 29.0. The monoisotopic (exact) mass is 663 g/mol. The van der Waals surface area contributed by atoms with Crippen molar-refractivity contribution in [2.75, 3.05) is 13.2 Å². The van der Waals surface area contributed by atoms with E-state index in [2.05, 4.69) is 115 Å². The van der Waals surface area contributed by atoms with Gasteiger partial charge >= 0.3 is 0 Å². The minimum absolute atomic E-state index is 0.0120. The van der Waals surface area contributed by atoms with Gasteiger partial charge in [0.05, 0.1) is 11.8 Å². The van der Waals surface area contributed by atoms with Crippen LogP contribution in [0.15, 0.2) is 24.3 Å². The fraction of sp³-hybridized carbons (Fsp3) is 0.667. The van der Waals surface area contributed by atoms with Crippen molar-refractivity contribution in [1.82, 2.24) is 4.98 Å². The maximum Gasteiger partial charge on any atom is 0.192 e. The smallest absolute Gasteiger partial charge is 0.192 e. The summed E-state index contributed by atoms with van der Waals surface area (Å²) in [6, 6.07) is 8.52. The molecule has 2 atom stereocenters. The molecule has 1 aliphatic carbocycles. The summed E-state index contributed by atoms with van der Waals surface area (Å²) in [7, 11) is -2.04. The molecule has 2 aliphatic rings. The van der Waals surface area contributed by atoms with Crippen LogP contribution in [0, 0.1) is 8.99 Å². The van der Waals surface area contributed by atoms with Crippen LogP contribution in [0.4, 0.5) is 0 Å². The van der Waals surface area contributed by atoms with E-state index >= 15 is 0 Å². The minimum Gasteiger partial charge on any atom is -0.410 e. The van der Waals surface area contributed by atoms with Gasteiger partial charge in [-0.25, -0.2) is 0 Å². The van der Waals surface area contributed by atoms with Crippen LogP contribution >= 0.6 is 22.6 Å². The minimum atomic E-state index is -2.04. The van der Waals surface area contributed by atoms with Crippen LogP contribution in [-0.2, 0) is 21.0 Å². The molecule has 1 N–H and O–H groups in total. The lowest BCUT2D eigenvalue weighted by atomic mass is 9.74. The number of aliphatic hydroxyl groups is 1. The van der Waals surface area contributed by atoms with Crippen molar-refractivity contribution in [2.24, 2.45) is 5.41 Å². The Morgan fingerprint density at radius 2 is 1.64 bits per heavy atom. The van der Waals surface area contributed by atoms with Crippen molar-refractivity contribution in [3.63, 3.8) is 0 Å². The first-order chi connectivity index (χ1) is 17.9. The molecule has 1 aromatic heterocycles. The number of pyridine rings is 1. The fourth-order valence-electron chi connectivity index (χ4n) is 5.75. The number of halogens is 1. The van der Waals surface area contributed by atoms with Crippen LogP contribution in [0.5, 0.6) is 0 Å². The van der Waals surface area contributed by atoms with Gasteiger partial charge in [0.15, 0.2) is 8.32 Å². The Balaban J connectivity index is 1.88. The number of aliphatic hydroxyl groups excluding tert-OH is 1. The molecule has 1 fully saturated rings. The van der Waals surface area contributed by atoms with E-state index < -0.39 is 14.4 Å². The molecule has 0 bridgehead atoms. The second kappa shape index (κ2) is 11.1. The molecule has 0 saturated carbocycles. The molecule has 4 rings (SSSR count). The van der Waals surface area contributed by atoms with Gasteiger partial charge in [0, 0.05) is 39.5 Å². The van der Waals surface area contributed by atoms with Gasteiger partial charge in [-0.1, -0.05) is 79.7 Å². The van der Waals surface area contributed by atoms with Crippen LogP contribution in [-0.4, -0.2) is 31.6 Å². The van der Waals surface area contributed by atoms with Gasteiger partial charge in [0.25, 0.3) is 0 Å². The highest BCUT2D eigenvalue weighted by Gasteiger charge is 2.44. The number of nitrogens with zero attached hydrogens (tertiary/aromatic N) is 1. The predicted molar refractivity (Wildman–Crippen MR) is 172 cm³/mol. The van der Waals surface area contributed by atoms with Gasteiger partial charge in [-0.15, -0.1) is 0 Å². The van der Waals surface area contributed by atoms with E-state index in [-0.39, 0.29) is 22.0 Å². The van der Waals surface area contributed by atoms with E-state index in [0.717, 1.165) is 59.3 Å². The Bertz CT molecular complexity index is 1170. The molecule has 1 aliphatic heterocycles. The summed E-state index contributed by atoms with van der Waals surface area (Å²) in [5.41, 5.74) is 6.80. The molecule has 1 unspecified atom stereocenters. The normalized spacial score (nSPS) is 21.5. The van der Waals surface area contributed by atoms with Crippen LogP contribution in [0.2, 0.25) is 18.1 Å². The molecule has 0 amide bonds. The molecule has 4 nitrogen and oxygen atoms in total. The van der Waals surface area contributed by atoms with Crippen molar-refractivity contribution < 1.29 is 14.3 Å². The Morgan fingerprint density at radius 1 is 1.05 bits per heavy atom. The Labute approximate surface area is 252 Å². The van der Waals surface area contributed by atoms with Gasteiger partial charge in [0.1, 0.15) is 6.10 Å². The summed E-state index contributed by atoms with van der Waals surface area (Å²) in [4.78, 5) is 5.45. The third-order valence-electron chi connectivity index (χ3n) is 9.24. The predicted octanol–water partition coefficient (Wildman–Crippen LogP) is 8.99. The summed E-state index contributed by atoms with van der Waals surface area (Å²) >= 11 is 2.51. The first-order valence-corrected chi connectivity index (χ1v) is 18.7. The Kier molecular flexibility index (Phi) is 8.88. The lowest BCUT2D eigenvalue weighted by Gasteiger charge is -2.45. The lowest BCUT2D eigenvalue weighted by molar-refractivity contribution is 0.0827. The molecule has 0 spiro atoms. The third kappa shape index (κ3) is 6.66. The summed E-state index contributed by atoms with van der Waals surface area (Å²) in [6.45, 7) is 24.5. The van der Waals surface area contributed by atoms with E-state index in [0.29, 0.717) is 5.92 Å². The van der Waals surface area contributed by atoms with Crippen LogP contribution in [0.1, 0.15) is 126 Å². The topological polar surface area (TPSA) is 51.6 Å². The largest absolute Gasteiger partial charge is 0.410 e. The van der Waals surface area contributed by atoms with E-state index in [9.17, 15) is 5.11 Å². The molecular formula is C33H50INO3Si. The standard InChI is InChI=1S/C33H50INO3Si/c1-31(2,3)23-13-11-22(12-14-23)30(36)27-28(34)26-24(35-29(27)21-15-17-37-18-16-21)19-33(7,8)20-25(26)38-39(9,10)32(4,5)6/h11-14,21,25,30,36H,15-20H2,1-10H3/t25-,30?/m0/s1. The number of benzene rings is 1. The van der Waals surface area contributed by atoms with Crippen molar-refractivity contribution in [1.29, 1.82) is 0 Å². The molecule has 39 heavy (non-hydrogen) atoms. The van der Waals surface area contributed by atoms with Crippen molar-refractivity contribution in [3.05, 3.63) is 61.5 Å². The van der Waals surface area contributed by atoms with Crippen LogP contribution < -0.4 is 0 Å². The van der Waals surface area contributed by atoms with E-state index in [1.165, 1.54) is 16.8 Å². The zero-order valence-corrected chi connectivity index (χ0v) is 29.0. The summed E-state index contributed by atoms with van der Waals surface area (Å²) in [6.07, 6.45) is 3.04. The lowest BCUT2D eigenvalue weighted by Crippen LogP contribution is -2.44. The third-order valence-corrected chi connectivity index (χ3v) is 14.9. The highest BCUT2D eigenvalue weighted by Crippen LogP contribution is 2.50. The summed E-state index contributed by atoms with van der Waals surface area (Å²) in [5.74, 6) is 0.292. The molecular weight excluding hydrogens is 613 g/mol. The molecule has 216 valence electrons. The average molecular weight is 664 g/mol. The molecule has 2 heterocycles. The SMILES string of the molecule is CC1(C)Cc2nc(C3CCOCC3)c(C(O)c3ccc(C(C)(C)C)cc3)c(I)c2[C@@H](O[Si](C)(C)C(C)(C)C)C1. The fourth-order valence-corrected chi connectivity index (χ4v) is 8.24. The quantitative estimate of drug-likeness (QED) is 0.256. The van der Waals surface area contributed by atoms with Crippen LogP contribution in [0.3, 0.4) is 0 Å². The molecule has 1 saturated heterocycles. The molecule has 6 heteroatoms. The number of fused-ring (bicyclic) bond motifs is 1. The number of hydrogen-bond donors (Lipinski definition) is 1. The highest BCUT2D eigenvalue weighted by atomic mass is 127. The Hall–Kier alpha value is -0.803. The van der Waals surface area contributed by atoms with Crippen LogP contribution in [0.25, 0.3) is 0 Å². The zero-order valence-electron chi connectivity index (χ0n) is 25.9. The molecule has 2 aromatic rings. The van der Waals surface area contributed by atoms with E-state index in [1.807, 2.05) is 0 Å². The number of ether oxygens (including phenoxy) is 1. The first kappa shape index (κ1) is 31.1. The maximum absolute atomic E-state index is 12.0. The van der Waals surface area contributed by atoms with Gasteiger partial charge in [-0.2, -0.15) is 0 Å². The second-order valence-electron chi connectivity index (χ2n) is 15.2. The summed E-state index contributed by atoms with van der Waals surface area (Å²) < 4.78 is 14.0. The molecule has 1 aromatic carbocycles. The second-order valence-corrected chi connectivity index (χ2v) is 21.0. The number of hydrogen-bond acceptors (Lipinski definition) is 4. The van der Waals surface area contributed by atoms with Gasteiger partial charge in [-0.05, 0) is 88.4 Å². The van der Waals surface area contributed by atoms with Gasteiger partial charge in [0.2, 0.25) is 0 Å². The highest BCUT2D eigenvalue weighted by molar-refractivity contribution is 14.1. The number of rotatable bonds is 5. The molecule has 0 radical (unpaired) electrons. The number of aromatic nitrogens is 1. The maximum atomic E-state index is 12.0. The van der Waals surface area contributed by atoms with Gasteiger partial charge < -0.3 is 14.3 Å². The van der Waals surface area contributed by atoms with E-state index in [1.54, 1.807) is 0 Å². The van der Waals surface area contributed by atoms with Crippen molar-refractivity contribution in [2.45, 2.75) is 123 Å². The average Bonchev–Trinajstić information content (AvgIpc) is 2.81. The van der Waals surface area contributed by atoms with E-state index in [4.69, 9.17) is 14.1 Å². The van der Waals surface area contributed by atoms with Gasteiger partial charge in [-0.3, -0.25) is 4.98 Å². The first-order valence-electron chi connectivity index (χ1n) is 14.7.